The molecule has 4 aromatic carbocycles. The Hall–Kier alpha value is -3.30. The summed E-state index contributed by atoms with van der Waals surface area (Å²) in [6.45, 7) is 4.32. The topological polar surface area (TPSA) is 25.8 Å². The van der Waals surface area contributed by atoms with Crippen molar-refractivity contribution in [2.45, 2.75) is 19.8 Å². The van der Waals surface area contributed by atoms with Crippen LogP contribution in [0, 0.1) is 0 Å². The van der Waals surface area contributed by atoms with Crippen molar-refractivity contribution in [3.63, 3.8) is 0 Å². The summed E-state index contributed by atoms with van der Waals surface area (Å²) >= 11 is 1.80. The van der Waals surface area contributed by atoms with E-state index in [0.29, 0.717) is 0 Å². The summed E-state index contributed by atoms with van der Waals surface area (Å²) < 4.78 is 2.43. The van der Waals surface area contributed by atoms with E-state index in [-0.39, 0.29) is 5.92 Å². The molecule has 30 heavy (non-hydrogen) atoms. The van der Waals surface area contributed by atoms with Crippen molar-refractivity contribution in [2.75, 3.05) is 0 Å². The minimum Gasteiger partial charge on any atom is -0.231 e. The van der Waals surface area contributed by atoms with Gasteiger partial charge in [0, 0.05) is 21.6 Å². The molecule has 6 rings (SSSR count). The SMILES string of the molecule is CC(C)c1nc(-c2ccc3ccccc3c2)c2sc3cc4ccccc4cc3c2n1. The van der Waals surface area contributed by atoms with E-state index in [2.05, 4.69) is 92.7 Å². The van der Waals surface area contributed by atoms with Crippen LogP contribution in [0.3, 0.4) is 0 Å². The number of aromatic nitrogens is 2. The molecule has 0 N–H and O–H groups in total. The molecule has 0 unspecified atom stereocenters. The number of nitrogens with zero attached hydrogens (tertiary/aromatic N) is 2. The van der Waals surface area contributed by atoms with E-state index in [4.69, 9.17) is 9.97 Å². The standard InChI is InChI=1S/C27H20N2S/c1-16(2)27-28-24(21-12-11-17-7-3-4-8-18(17)13-21)26-25(29-27)22-14-19-9-5-6-10-20(19)15-23(22)30-26/h3-16H,1-2H3. The zero-order valence-corrected chi connectivity index (χ0v) is 17.7. The second kappa shape index (κ2) is 6.61. The third kappa shape index (κ3) is 2.70. The third-order valence-corrected chi connectivity index (χ3v) is 6.89. The molecule has 0 aliphatic rings. The molecule has 0 fully saturated rings. The van der Waals surface area contributed by atoms with Gasteiger partial charge in [0.25, 0.3) is 0 Å². The Bertz CT molecular complexity index is 1580. The second-order valence-corrected chi connectivity index (χ2v) is 9.17. The number of rotatable bonds is 2. The molecule has 0 aliphatic heterocycles. The van der Waals surface area contributed by atoms with E-state index in [1.54, 1.807) is 11.3 Å². The van der Waals surface area contributed by atoms with E-state index < -0.39 is 0 Å². The second-order valence-electron chi connectivity index (χ2n) is 8.12. The molecule has 0 saturated carbocycles. The van der Waals surface area contributed by atoms with Crippen LogP contribution in [0.1, 0.15) is 25.6 Å². The highest BCUT2D eigenvalue weighted by molar-refractivity contribution is 7.26. The van der Waals surface area contributed by atoms with E-state index in [0.717, 1.165) is 22.6 Å². The average molecular weight is 405 g/mol. The van der Waals surface area contributed by atoms with Crippen LogP contribution in [0.4, 0.5) is 0 Å². The van der Waals surface area contributed by atoms with E-state index in [9.17, 15) is 0 Å². The number of benzene rings is 4. The van der Waals surface area contributed by atoms with Gasteiger partial charge in [-0.3, -0.25) is 0 Å². The van der Waals surface area contributed by atoms with Crippen molar-refractivity contribution >= 4 is 53.2 Å². The van der Waals surface area contributed by atoms with Crippen molar-refractivity contribution in [2.24, 2.45) is 0 Å². The first-order valence-corrected chi connectivity index (χ1v) is 11.1. The van der Waals surface area contributed by atoms with Gasteiger partial charge in [-0.05, 0) is 39.7 Å². The van der Waals surface area contributed by atoms with Crippen molar-refractivity contribution in [1.29, 1.82) is 0 Å². The Kier molecular flexibility index (Phi) is 3.87. The van der Waals surface area contributed by atoms with E-state index in [1.807, 2.05) is 0 Å². The largest absolute Gasteiger partial charge is 0.231 e. The normalized spacial score (nSPS) is 12.0. The lowest BCUT2D eigenvalue weighted by Gasteiger charge is -2.09. The Balaban J connectivity index is 1.71. The molecular formula is C27H20N2S. The maximum atomic E-state index is 5.04. The van der Waals surface area contributed by atoms with Gasteiger partial charge >= 0.3 is 0 Å². The predicted molar refractivity (Wildman–Crippen MR) is 129 cm³/mol. The highest BCUT2D eigenvalue weighted by Gasteiger charge is 2.17. The van der Waals surface area contributed by atoms with Gasteiger partial charge in [-0.25, -0.2) is 9.97 Å². The van der Waals surface area contributed by atoms with Gasteiger partial charge in [-0.1, -0.05) is 74.5 Å². The van der Waals surface area contributed by atoms with Gasteiger partial charge in [0.2, 0.25) is 0 Å². The molecule has 0 amide bonds. The van der Waals surface area contributed by atoms with Gasteiger partial charge in [-0.2, -0.15) is 0 Å². The van der Waals surface area contributed by atoms with Gasteiger partial charge in [0.1, 0.15) is 5.82 Å². The monoisotopic (exact) mass is 404 g/mol. The minimum absolute atomic E-state index is 0.268. The third-order valence-electron chi connectivity index (χ3n) is 5.74. The van der Waals surface area contributed by atoms with Crippen molar-refractivity contribution in [3.05, 3.63) is 84.7 Å². The average Bonchev–Trinajstić information content (AvgIpc) is 3.14. The van der Waals surface area contributed by atoms with Crippen LogP contribution in [0.15, 0.2) is 78.9 Å². The quantitative estimate of drug-likeness (QED) is 0.293. The molecule has 0 spiro atoms. The minimum atomic E-state index is 0.268. The molecule has 0 saturated heterocycles. The van der Waals surface area contributed by atoms with Gasteiger partial charge in [-0.15, -0.1) is 11.3 Å². The lowest BCUT2D eigenvalue weighted by Crippen LogP contribution is -1.99. The lowest BCUT2D eigenvalue weighted by molar-refractivity contribution is 0.785. The molecule has 3 heteroatoms. The first-order valence-electron chi connectivity index (χ1n) is 10.3. The van der Waals surface area contributed by atoms with Crippen LogP contribution in [0.25, 0.3) is 53.1 Å². The van der Waals surface area contributed by atoms with Gasteiger partial charge in [0.05, 0.1) is 15.9 Å². The van der Waals surface area contributed by atoms with Crippen LogP contribution < -0.4 is 0 Å². The first-order chi connectivity index (χ1) is 14.7. The molecule has 6 aromatic rings. The molecule has 0 bridgehead atoms. The molecule has 2 heterocycles. The van der Waals surface area contributed by atoms with Crippen molar-refractivity contribution in [1.82, 2.24) is 9.97 Å². The summed E-state index contributed by atoms with van der Waals surface area (Å²) in [4.78, 5) is 10.1. The summed E-state index contributed by atoms with van der Waals surface area (Å²) in [6.07, 6.45) is 0. The smallest absolute Gasteiger partial charge is 0.132 e. The number of thiophene rings is 1. The van der Waals surface area contributed by atoms with Crippen molar-refractivity contribution in [3.8, 4) is 11.3 Å². The lowest BCUT2D eigenvalue weighted by atomic mass is 10.0. The summed E-state index contributed by atoms with van der Waals surface area (Å²) in [5.41, 5.74) is 3.27. The summed E-state index contributed by atoms with van der Waals surface area (Å²) in [7, 11) is 0. The molecule has 144 valence electrons. The van der Waals surface area contributed by atoms with Crippen LogP contribution in [-0.4, -0.2) is 9.97 Å². The molecule has 0 aliphatic carbocycles. The van der Waals surface area contributed by atoms with Gasteiger partial charge < -0.3 is 0 Å². The molecule has 2 nitrogen and oxygen atoms in total. The number of hydrogen-bond acceptors (Lipinski definition) is 3. The predicted octanol–water partition coefficient (Wildman–Crippen LogP) is 7.94. The fourth-order valence-electron chi connectivity index (χ4n) is 4.14. The van der Waals surface area contributed by atoms with Crippen LogP contribution in [-0.2, 0) is 0 Å². The highest BCUT2D eigenvalue weighted by Crippen LogP contribution is 2.40. The number of hydrogen-bond donors (Lipinski definition) is 0. The Labute approximate surface area is 178 Å². The van der Waals surface area contributed by atoms with E-state index >= 15 is 0 Å². The molecular weight excluding hydrogens is 384 g/mol. The summed E-state index contributed by atoms with van der Waals surface area (Å²) in [5.74, 6) is 1.17. The number of fused-ring (bicyclic) bond motifs is 5. The molecule has 0 radical (unpaired) electrons. The summed E-state index contributed by atoms with van der Waals surface area (Å²) in [5, 5.41) is 6.22. The molecule has 2 aromatic heterocycles. The van der Waals surface area contributed by atoms with E-state index in [1.165, 1.54) is 36.3 Å². The Morgan fingerprint density at radius 2 is 1.37 bits per heavy atom. The summed E-state index contributed by atoms with van der Waals surface area (Å²) in [6, 6.07) is 28.2. The van der Waals surface area contributed by atoms with Crippen LogP contribution in [0.5, 0.6) is 0 Å². The molecule has 0 atom stereocenters. The zero-order valence-electron chi connectivity index (χ0n) is 16.9. The fraction of sp³-hybridized carbons (Fsp3) is 0.111. The maximum absolute atomic E-state index is 5.04. The highest BCUT2D eigenvalue weighted by atomic mass is 32.1. The van der Waals surface area contributed by atoms with Gasteiger partial charge in [0.15, 0.2) is 0 Å². The van der Waals surface area contributed by atoms with Crippen LogP contribution in [0.2, 0.25) is 0 Å². The maximum Gasteiger partial charge on any atom is 0.132 e. The zero-order chi connectivity index (χ0) is 20.2. The van der Waals surface area contributed by atoms with Crippen molar-refractivity contribution < 1.29 is 0 Å². The Morgan fingerprint density at radius 3 is 2.10 bits per heavy atom. The first kappa shape index (κ1) is 17.5. The Morgan fingerprint density at radius 1 is 0.700 bits per heavy atom. The fourth-order valence-corrected chi connectivity index (χ4v) is 5.32. The van der Waals surface area contributed by atoms with Crippen LogP contribution >= 0.6 is 11.3 Å².